The Morgan fingerprint density at radius 3 is 2.14 bits per heavy atom. The molecule has 0 radical (unpaired) electrons. The van der Waals surface area contributed by atoms with Gasteiger partial charge in [-0.05, 0) is 24.3 Å². The van der Waals surface area contributed by atoms with Gasteiger partial charge in [0.15, 0.2) is 0 Å². The molecule has 0 saturated heterocycles. The molecule has 1 amide bonds. The van der Waals surface area contributed by atoms with Crippen molar-refractivity contribution in [2.45, 2.75) is 4.90 Å². The molecule has 0 fully saturated rings. The minimum Gasteiger partial charge on any atom is -0.273 e. The van der Waals surface area contributed by atoms with Crippen LogP contribution in [0, 0.1) is 17.5 Å². The lowest BCUT2D eigenvalue weighted by atomic mass is 10.2. The van der Waals surface area contributed by atoms with Crippen LogP contribution < -0.4 is 10.3 Å². The van der Waals surface area contributed by atoms with Crippen LogP contribution in [0.25, 0.3) is 0 Å². The standard InChI is InChI=1S/C13H9F3N2O3S/c14-8-5-9(15)7-10(6-8)22(20,21)18-17-13(19)11-3-1-2-4-12(11)16/h1-7,18H,(H,17,19). The second-order valence-electron chi connectivity index (χ2n) is 4.14. The lowest BCUT2D eigenvalue weighted by Crippen LogP contribution is -2.41. The van der Waals surface area contributed by atoms with Crippen LogP contribution in [0.4, 0.5) is 13.2 Å². The molecule has 116 valence electrons. The van der Waals surface area contributed by atoms with E-state index in [4.69, 9.17) is 0 Å². The topological polar surface area (TPSA) is 75.3 Å². The SMILES string of the molecule is O=C(NNS(=O)(=O)c1cc(F)cc(F)c1)c1ccccc1F. The van der Waals surface area contributed by atoms with Gasteiger partial charge >= 0.3 is 0 Å². The first-order valence-corrected chi connectivity index (χ1v) is 7.31. The van der Waals surface area contributed by atoms with Gasteiger partial charge in [-0.3, -0.25) is 10.2 Å². The monoisotopic (exact) mass is 330 g/mol. The second-order valence-corrected chi connectivity index (χ2v) is 5.83. The molecule has 22 heavy (non-hydrogen) atoms. The normalized spacial score (nSPS) is 11.2. The van der Waals surface area contributed by atoms with Gasteiger partial charge in [-0.15, -0.1) is 4.83 Å². The number of carbonyl (C=O) groups is 1. The zero-order chi connectivity index (χ0) is 16.3. The molecule has 0 saturated carbocycles. The molecule has 0 atom stereocenters. The maximum absolute atomic E-state index is 13.4. The van der Waals surface area contributed by atoms with E-state index >= 15 is 0 Å². The molecule has 9 heteroatoms. The van der Waals surface area contributed by atoms with Crippen molar-refractivity contribution in [2.24, 2.45) is 0 Å². The van der Waals surface area contributed by atoms with E-state index in [9.17, 15) is 26.4 Å². The maximum atomic E-state index is 13.4. The molecule has 0 aromatic heterocycles. The summed E-state index contributed by atoms with van der Waals surface area (Å²) in [5.74, 6) is -4.10. The molecule has 0 bridgehead atoms. The first-order valence-electron chi connectivity index (χ1n) is 5.82. The van der Waals surface area contributed by atoms with Crippen molar-refractivity contribution in [3.63, 3.8) is 0 Å². The first-order chi connectivity index (χ1) is 10.3. The van der Waals surface area contributed by atoms with Gasteiger partial charge in [0.05, 0.1) is 10.5 Å². The van der Waals surface area contributed by atoms with Crippen molar-refractivity contribution in [2.75, 3.05) is 0 Å². The van der Waals surface area contributed by atoms with E-state index < -0.39 is 43.8 Å². The average molecular weight is 330 g/mol. The van der Waals surface area contributed by atoms with E-state index in [-0.39, 0.29) is 0 Å². The summed E-state index contributed by atoms with van der Waals surface area (Å²) < 4.78 is 63.0. The number of hydrogen-bond acceptors (Lipinski definition) is 3. The van der Waals surface area contributed by atoms with Crippen LogP contribution in [0.1, 0.15) is 10.4 Å². The highest BCUT2D eigenvalue weighted by atomic mass is 32.2. The lowest BCUT2D eigenvalue weighted by molar-refractivity contribution is 0.0941. The minimum atomic E-state index is -4.41. The molecule has 2 rings (SSSR count). The van der Waals surface area contributed by atoms with Gasteiger partial charge in [-0.1, -0.05) is 12.1 Å². The molecule has 0 unspecified atom stereocenters. The number of hydrogen-bond donors (Lipinski definition) is 2. The Labute approximate surface area is 123 Å². The summed E-state index contributed by atoms with van der Waals surface area (Å²) in [5, 5.41) is 0. The van der Waals surface area contributed by atoms with Crippen LogP contribution in [-0.4, -0.2) is 14.3 Å². The van der Waals surface area contributed by atoms with Crippen LogP contribution in [0.3, 0.4) is 0 Å². The Kier molecular flexibility index (Phi) is 4.48. The summed E-state index contributed by atoms with van der Waals surface area (Å²) in [7, 11) is -4.41. The fourth-order valence-corrected chi connectivity index (χ4v) is 2.45. The summed E-state index contributed by atoms with van der Waals surface area (Å²) in [6.45, 7) is 0. The summed E-state index contributed by atoms with van der Waals surface area (Å²) in [5.41, 5.74) is 1.36. The Morgan fingerprint density at radius 1 is 0.955 bits per heavy atom. The third-order valence-corrected chi connectivity index (χ3v) is 3.79. The summed E-state index contributed by atoms with van der Waals surface area (Å²) in [6.07, 6.45) is 0. The fraction of sp³-hybridized carbons (Fsp3) is 0. The van der Waals surface area contributed by atoms with E-state index in [0.717, 1.165) is 12.1 Å². The van der Waals surface area contributed by atoms with E-state index in [1.807, 2.05) is 0 Å². The van der Waals surface area contributed by atoms with Crippen molar-refractivity contribution in [3.8, 4) is 0 Å². The molecule has 0 aliphatic heterocycles. The number of carbonyl (C=O) groups excluding carboxylic acids is 1. The zero-order valence-corrected chi connectivity index (χ0v) is 11.6. The Hall–Kier alpha value is -2.39. The molecule has 5 nitrogen and oxygen atoms in total. The molecule has 0 aliphatic rings. The smallest absolute Gasteiger partial charge is 0.269 e. The molecule has 2 aromatic carbocycles. The molecule has 0 heterocycles. The largest absolute Gasteiger partial charge is 0.273 e. The number of halogens is 3. The van der Waals surface area contributed by atoms with Crippen LogP contribution in [0.15, 0.2) is 47.4 Å². The van der Waals surface area contributed by atoms with Crippen molar-refractivity contribution >= 4 is 15.9 Å². The van der Waals surface area contributed by atoms with Crippen molar-refractivity contribution in [3.05, 3.63) is 65.5 Å². The number of sulfonamides is 1. The number of rotatable bonds is 4. The number of nitrogens with one attached hydrogen (secondary N) is 2. The van der Waals surface area contributed by atoms with Crippen LogP contribution >= 0.6 is 0 Å². The van der Waals surface area contributed by atoms with Gasteiger partial charge in [0, 0.05) is 6.07 Å². The summed E-state index contributed by atoms with van der Waals surface area (Å²) in [4.78, 5) is 12.6. The highest BCUT2D eigenvalue weighted by Crippen LogP contribution is 2.13. The molecule has 0 spiro atoms. The van der Waals surface area contributed by atoms with Crippen LogP contribution in [-0.2, 0) is 10.0 Å². The Bertz CT molecular complexity index is 805. The predicted octanol–water partition coefficient (Wildman–Crippen LogP) is 1.73. The highest BCUT2D eigenvalue weighted by Gasteiger charge is 2.19. The fourth-order valence-electron chi connectivity index (χ4n) is 1.57. The third kappa shape index (κ3) is 3.62. The number of amides is 1. The zero-order valence-electron chi connectivity index (χ0n) is 10.8. The second kappa shape index (κ2) is 6.16. The van der Waals surface area contributed by atoms with Crippen molar-refractivity contribution in [1.82, 2.24) is 10.3 Å². The number of benzene rings is 2. The van der Waals surface area contributed by atoms with Crippen LogP contribution in [0.5, 0.6) is 0 Å². The van der Waals surface area contributed by atoms with E-state index in [0.29, 0.717) is 18.2 Å². The van der Waals surface area contributed by atoms with Crippen molar-refractivity contribution in [1.29, 1.82) is 0 Å². The summed E-state index contributed by atoms with van der Waals surface area (Å²) >= 11 is 0. The van der Waals surface area contributed by atoms with Crippen LogP contribution in [0.2, 0.25) is 0 Å². The minimum absolute atomic E-state index is 0.393. The molecular formula is C13H9F3N2O3S. The molecule has 0 aliphatic carbocycles. The predicted molar refractivity (Wildman–Crippen MR) is 70.5 cm³/mol. The quantitative estimate of drug-likeness (QED) is 0.839. The van der Waals surface area contributed by atoms with Gasteiger partial charge in [0.1, 0.15) is 17.5 Å². The van der Waals surface area contributed by atoms with Gasteiger partial charge in [0.2, 0.25) is 0 Å². The van der Waals surface area contributed by atoms with Gasteiger partial charge < -0.3 is 0 Å². The first kappa shape index (κ1) is 16.0. The highest BCUT2D eigenvalue weighted by molar-refractivity contribution is 7.89. The third-order valence-electron chi connectivity index (χ3n) is 2.56. The lowest BCUT2D eigenvalue weighted by Gasteiger charge is -2.09. The Balaban J connectivity index is 2.16. The average Bonchev–Trinajstić information content (AvgIpc) is 2.44. The van der Waals surface area contributed by atoms with E-state index in [2.05, 4.69) is 0 Å². The maximum Gasteiger partial charge on any atom is 0.269 e. The van der Waals surface area contributed by atoms with Gasteiger partial charge in [-0.25, -0.2) is 21.6 Å². The van der Waals surface area contributed by atoms with E-state index in [1.54, 1.807) is 10.3 Å². The van der Waals surface area contributed by atoms with Gasteiger partial charge in [0.25, 0.3) is 15.9 Å². The molecule has 2 N–H and O–H groups in total. The Morgan fingerprint density at radius 2 is 1.55 bits per heavy atom. The van der Waals surface area contributed by atoms with Crippen molar-refractivity contribution < 1.29 is 26.4 Å². The summed E-state index contributed by atoms with van der Waals surface area (Å²) in [6, 6.07) is 6.53. The molecule has 2 aromatic rings. The van der Waals surface area contributed by atoms with E-state index in [1.165, 1.54) is 12.1 Å². The number of hydrazine groups is 1. The van der Waals surface area contributed by atoms with Gasteiger partial charge in [-0.2, -0.15) is 0 Å². The molecular weight excluding hydrogens is 321 g/mol.